The van der Waals surface area contributed by atoms with E-state index in [-0.39, 0.29) is 18.7 Å². The fourth-order valence-electron chi connectivity index (χ4n) is 4.10. The summed E-state index contributed by atoms with van der Waals surface area (Å²) in [6.07, 6.45) is 3.15. The molecule has 0 saturated heterocycles. The number of thiophene rings is 2. The molecule has 1 amide bonds. The highest BCUT2D eigenvalue weighted by Crippen LogP contribution is 2.25. The lowest BCUT2D eigenvalue weighted by atomic mass is 9.86. The average molecular weight is 514 g/mol. The van der Waals surface area contributed by atoms with Crippen molar-refractivity contribution >= 4 is 40.5 Å². The molecule has 3 N–H and O–H groups in total. The van der Waals surface area contributed by atoms with Crippen molar-refractivity contribution in [1.29, 1.82) is 0 Å². The van der Waals surface area contributed by atoms with Crippen LogP contribution in [0.4, 0.5) is 0 Å². The summed E-state index contributed by atoms with van der Waals surface area (Å²) in [6, 6.07) is 12.5. The highest BCUT2D eigenvalue weighted by atomic mass is 32.1. The van der Waals surface area contributed by atoms with Gasteiger partial charge < -0.3 is 15.5 Å². The van der Waals surface area contributed by atoms with Crippen LogP contribution in [0.25, 0.3) is 0 Å². The number of amides is 1. The number of carboxylic acids is 2. The number of carbonyl (C=O) groups excluding carboxylic acids is 1. The molecule has 0 fully saturated rings. The van der Waals surface area contributed by atoms with E-state index in [2.05, 4.69) is 5.32 Å². The topological polar surface area (TPSA) is 104 Å². The summed E-state index contributed by atoms with van der Waals surface area (Å²) in [4.78, 5) is 37.2. The van der Waals surface area contributed by atoms with Gasteiger partial charge in [-0.15, -0.1) is 0 Å². The molecule has 3 aromatic rings. The largest absolute Gasteiger partial charge is 0.481 e. The summed E-state index contributed by atoms with van der Waals surface area (Å²) in [5, 5.41) is 30.2. The summed E-state index contributed by atoms with van der Waals surface area (Å²) in [5.74, 6) is -3.66. The molecule has 2 aromatic heterocycles. The summed E-state index contributed by atoms with van der Waals surface area (Å²) in [5.41, 5.74) is 3.19. The maximum atomic E-state index is 13.3. The van der Waals surface area contributed by atoms with Gasteiger partial charge in [-0.2, -0.15) is 22.7 Å². The van der Waals surface area contributed by atoms with Gasteiger partial charge in [0.15, 0.2) is 0 Å². The van der Waals surface area contributed by atoms with Crippen LogP contribution in [0.15, 0.2) is 64.0 Å². The van der Waals surface area contributed by atoms with Gasteiger partial charge in [-0.1, -0.05) is 30.3 Å². The number of nitrogens with one attached hydrogen (secondary N) is 1. The van der Waals surface area contributed by atoms with Crippen LogP contribution in [-0.2, 0) is 33.6 Å². The lowest BCUT2D eigenvalue weighted by Crippen LogP contribution is -2.44. The Morgan fingerprint density at radius 3 is 1.80 bits per heavy atom. The molecule has 0 aliphatic rings. The molecular weight excluding hydrogens is 482 g/mol. The minimum Gasteiger partial charge on any atom is -0.481 e. The molecule has 0 aliphatic heterocycles. The van der Waals surface area contributed by atoms with E-state index in [1.54, 1.807) is 22.7 Å². The van der Waals surface area contributed by atoms with Crippen LogP contribution in [-0.4, -0.2) is 34.1 Å². The zero-order chi connectivity index (χ0) is 25.0. The van der Waals surface area contributed by atoms with E-state index >= 15 is 0 Å². The maximum absolute atomic E-state index is 13.3. The zero-order valence-corrected chi connectivity index (χ0v) is 21.1. The van der Waals surface area contributed by atoms with Crippen molar-refractivity contribution in [1.82, 2.24) is 5.32 Å². The Morgan fingerprint density at radius 2 is 1.29 bits per heavy atom. The summed E-state index contributed by atoms with van der Waals surface area (Å²) < 4.78 is 0. The quantitative estimate of drug-likeness (QED) is 0.256. The SMILES string of the molecule is O=C(O)[C@@H](CCc1ccsc1)C[C@H](CCc1ccsc1)C(=O)N[C@@H](CCc1ccccc1)C(=O)O. The number of aliphatic carboxylic acids is 2. The number of carbonyl (C=O) groups is 3. The molecule has 186 valence electrons. The Bertz CT molecular complexity index is 1050. The molecule has 6 nitrogen and oxygen atoms in total. The van der Waals surface area contributed by atoms with Gasteiger partial charge in [0, 0.05) is 5.92 Å². The Kier molecular flexibility index (Phi) is 10.5. The standard InChI is InChI=1S/C27H31NO5S2/c29-25(28-24(27(32)33)11-8-19-4-2-1-3-5-19)22(9-6-20-12-14-34-17-20)16-23(26(30)31)10-7-21-13-15-35-18-21/h1-5,12-15,17-18,22-24H,6-11,16H2,(H,28,29)(H,30,31)(H,32,33)/t22-,23-,24-/m0/s1. The third-order valence-electron chi connectivity index (χ3n) is 6.19. The highest BCUT2D eigenvalue weighted by Gasteiger charge is 2.30. The first-order chi connectivity index (χ1) is 16.9. The Morgan fingerprint density at radius 1 is 0.714 bits per heavy atom. The van der Waals surface area contributed by atoms with Gasteiger partial charge in [-0.05, 0) is 95.3 Å². The zero-order valence-electron chi connectivity index (χ0n) is 19.5. The van der Waals surface area contributed by atoms with Crippen molar-refractivity contribution in [2.24, 2.45) is 11.8 Å². The molecule has 35 heavy (non-hydrogen) atoms. The van der Waals surface area contributed by atoms with Crippen molar-refractivity contribution in [3.63, 3.8) is 0 Å². The molecule has 2 heterocycles. The minimum absolute atomic E-state index is 0.181. The van der Waals surface area contributed by atoms with Crippen LogP contribution in [0.3, 0.4) is 0 Å². The number of hydrogen-bond donors (Lipinski definition) is 3. The smallest absolute Gasteiger partial charge is 0.326 e. The number of hydrogen-bond acceptors (Lipinski definition) is 5. The molecule has 1 aromatic carbocycles. The van der Waals surface area contributed by atoms with Gasteiger partial charge in [-0.3, -0.25) is 9.59 Å². The van der Waals surface area contributed by atoms with E-state index in [1.807, 2.05) is 64.0 Å². The van der Waals surface area contributed by atoms with Crippen molar-refractivity contribution in [3.8, 4) is 0 Å². The molecule has 0 aliphatic carbocycles. The first kappa shape index (κ1) is 26.6. The van der Waals surface area contributed by atoms with Gasteiger partial charge in [0.2, 0.25) is 5.91 Å². The second-order valence-electron chi connectivity index (χ2n) is 8.73. The van der Waals surface area contributed by atoms with Crippen molar-refractivity contribution in [2.45, 2.75) is 51.0 Å². The minimum atomic E-state index is -1.09. The Hall–Kier alpha value is -2.97. The van der Waals surface area contributed by atoms with Crippen LogP contribution < -0.4 is 5.32 Å². The van der Waals surface area contributed by atoms with E-state index in [4.69, 9.17) is 0 Å². The van der Waals surface area contributed by atoms with Crippen LogP contribution in [0, 0.1) is 11.8 Å². The second-order valence-corrected chi connectivity index (χ2v) is 10.3. The monoisotopic (exact) mass is 513 g/mol. The van der Waals surface area contributed by atoms with Gasteiger partial charge in [0.1, 0.15) is 6.04 Å². The van der Waals surface area contributed by atoms with Gasteiger partial charge >= 0.3 is 11.9 Å². The highest BCUT2D eigenvalue weighted by molar-refractivity contribution is 7.08. The number of aryl methyl sites for hydroxylation is 3. The van der Waals surface area contributed by atoms with Crippen molar-refractivity contribution in [3.05, 3.63) is 80.7 Å². The van der Waals surface area contributed by atoms with E-state index in [9.17, 15) is 24.6 Å². The Labute approximate surface area is 213 Å². The van der Waals surface area contributed by atoms with Crippen molar-refractivity contribution < 1.29 is 24.6 Å². The molecule has 0 unspecified atom stereocenters. The van der Waals surface area contributed by atoms with E-state index in [1.165, 1.54) is 0 Å². The van der Waals surface area contributed by atoms with Crippen molar-refractivity contribution in [2.75, 3.05) is 0 Å². The predicted molar refractivity (Wildman–Crippen MR) is 139 cm³/mol. The predicted octanol–water partition coefficient (Wildman–Crippen LogP) is 5.28. The summed E-state index contributed by atoms with van der Waals surface area (Å²) in [6.45, 7) is 0. The van der Waals surface area contributed by atoms with E-state index < -0.39 is 29.8 Å². The van der Waals surface area contributed by atoms with Crippen LogP contribution >= 0.6 is 22.7 Å². The summed E-state index contributed by atoms with van der Waals surface area (Å²) >= 11 is 3.14. The first-order valence-electron chi connectivity index (χ1n) is 11.7. The van der Waals surface area contributed by atoms with Gasteiger partial charge in [0.05, 0.1) is 5.92 Å². The molecule has 8 heteroatoms. The summed E-state index contributed by atoms with van der Waals surface area (Å²) in [7, 11) is 0. The Balaban J connectivity index is 1.67. The fraction of sp³-hybridized carbons (Fsp3) is 0.370. The molecule has 0 bridgehead atoms. The van der Waals surface area contributed by atoms with E-state index in [0.717, 1.165) is 16.7 Å². The fourth-order valence-corrected chi connectivity index (χ4v) is 5.50. The average Bonchev–Trinajstić information content (AvgIpc) is 3.56. The maximum Gasteiger partial charge on any atom is 0.326 e. The third-order valence-corrected chi connectivity index (χ3v) is 7.66. The molecule has 0 saturated carbocycles. The second kappa shape index (κ2) is 13.8. The number of carboxylic acid groups (broad SMARTS) is 2. The molecule has 0 spiro atoms. The lowest BCUT2D eigenvalue weighted by Gasteiger charge is -2.23. The molecular formula is C27H31NO5S2. The number of rotatable bonds is 15. The van der Waals surface area contributed by atoms with Crippen LogP contribution in [0.1, 0.15) is 42.4 Å². The lowest BCUT2D eigenvalue weighted by molar-refractivity contribution is -0.145. The van der Waals surface area contributed by atoms with Crippen LogP contribution in [0.2, 0.25) is 0 Å². The normalized spacial score (nSPS) is 13.6. The third kappa shape index (κ3) is 8.96. The molecule has 0 radical (unpaired) electrons. The van der Waals surface area contributed by atoms with Crippen LogP contribution in [0.5, 0.6) is 0 Å². The van der Waals surface area contributed by atoms with Gasteiger partial charge in [0.25, 0.3) is 0 Å². The first-order valence-corrected chi connectivity index (χ1v) is 13.6. The molecule has 3 rings (SSSR count). The van der Waals surface area contributed by atoms with E-state index in [0.29, 0.717) is 32.1 Å². The number of benzene rings is 1. The molecule has 3 atom stereocenters. The van der Waals surface area contributed by atoms with Gasteiger partial charge in [-0.25, -0.2) is 4.79 Å².